The van der Waals surface area contributed by atoms with E-state index in [0.29, 0.717) is 9.26 Å². The van der Waals surface area contributed by atoms with Gasteiger partial charge in [-0.3, -0.25) is 9.78 Å². The molecule has 1 rings (SSSR count). The molecular formula is C9H8F2INO2. The van der Waals surface area contributed by atoms with Crippen molar-refractivity contribution in [2.24, 2.45) is 0 Å². The maximum absolute atomic E-state index is 12.5. The zero-order valence-corrected chi connectivity index (χ0v) is 9.96. The van der Waals surface area contributed by atoms with E-state index < -0.39 is 12.4 Å². The molecule has 0 aromatic carbocycles. The van der Waals surface area contributed by atoms with Crippen LogP contribution >= 0.6 is 22.6 Å². The van der Waals surface area contributed by atoms with Gasteiger partial charge < -0.3 is 5.11 Å². The molecule has 3 nitrogen and oxygen atoms in total. The second-order valence-corrected chi connectivity index (χ2v) is 4.13. The fourth-order valence-electron chi connectivity index (χ4n) is 1.21. The Morgan fingerprint density at radius 3 is 2.67 bits per heavy atom. The molecular weight excluding hydrogens is 319 g/mol. The van der Waals surface area contributed by atoms with E-state index in [4.69, 9.17) is 5.11 Å². The first-order chi connectivity index (χ1) is 6.91. The summed E-state index contributed by atoms with van der Waals surface area (Å²) in [4.78, 5) is 14.2. The Morgan fingerprint density at radius 1 is 1.67 bits per heavy atom. The van der Waals surface area contributed by atoms with Gasteiger partial charge in [-0.2, -0.15) is 0 Å². The summed E-state index contributed by atoms with van der Waals surface area (Å²) in [5, 5.41) is 8.54. The van der Waals surface area contributed by atoms with Crippen molar-refractivity contribution >= 4 is 28.6 Å². The Bertz CT molecular complexity index is 373. The van der Waals surface area contributed by atoms with Crippen LogP contribution in [0, 0.1) is 10.5 Å². The fourth-order valence-corrected chi connectivity index (χ4v) is 2.20. The lowest BCUT2D eigenvalue weighted by Gasteiger charge is -2.08. The lowest BCUT2D eigenvalue weighted by molar-refractivity contribution is -0.136. The molecule has 0 saturated heterocycles. The smallest absolute Gasteiger partial charge is 0.309 e. The zero-order chi connectivity index (χ0) is 11.6. The number of aryl methyl sites for hydroxylation is 1. The van der Waals surface area contributed by atoms with Gasteiger partial charge in [0.15, 0.2) is 0 Å². The molecule has 0 atom stereocenters. The lowest BCUT2D eigenvalue weighted by atomic mass is 10.1. The molecule has 0 fully saturated rings. The molecule has 0 aliphatic rings. The maximum Gasteiger partial charge on any atom is 0.309 e. The van der Waals surface area contributed by atoms with Crippen LogP contribution in [0.5, 0.6) is 0 Å². The zero-order valence-electron chi connectivity index (χ0n) is 7.80. The van der Waals surface area contributed by atoms with Crippen LogP contribution in [-0.2, 0) is 11.2 Å². The SMILES string of the molecule is Cc1nc(CC(=O)O)cc(I)c1C(F)F. The van der Waals surface area contributed by atoms with Gasteiger partial charge in [-0.1, -0.05) is 0 Å². The lowest BCUT2D eigenvalue weighted by Crippen LogP contribution is -2.06. The second-order valence-electron chi connectivity index (χ2n) is 2.97. The molecule has 15 heavy (non-hydrogen) atoms. The number of aromatic nitrogens is 1. The number of rotatable bonds is 3. The van der Waals surface area contributed by atoms with E-state index in [-0.39, 0.29) is 17.7 Å². The van der Waals surface area contributed by atoms with Gasteiger partial charge in [-0.05, 0) is 35.6 Å². The fraction of sp³-hybridized carbons (Fsp3) is 0.333. The third-order valence-electron chi connectivity index (χ3n) is 1.80. The Balaban J connectivity index is 3.13. The number of hydrogen-bond donors (Lipinski definition) is 1. The quantitative estimate of drug-likeness (QED) is 0.868. The van der Waals surface area contributed by atoms with Crippen molar-refractivity contribution in [3.8, 4) is 0 Å². The monoisotopic (exact) mass is 327 g/mol. The highest BCUT2D eigenvalue weighted by Gasteiger charge is 2.17. The van der Waals surface area contributed by atoms with Crippen LogP contribution in [0.1, 0.15) is 23.4 Å². The molecule has 0 unspecified atom stereocenters. The van der Waals surface area contributed by atoms with Crippen molar-refractivity contribution in [1.29, 1.82) is 0 Å². The summed E-state index contributed by atoms with van der Waals surface area (Å²) >= 11 is 1.76. The van der Waals surface area contributed by atoms with Crippen LogP contribution in [0.3, 0.4) is 0 Å². The van der Waals surface area contributed by atoms with Crippen LogP contribution in [0.15, 0.2) is 6.07 Å². The highest BCUT2D eigenvalue weighted by atomic mass is 127. The number of halogens is 3. The molecule has 1 aromatic rings. The van der Waals surface area contributed by atoms with Gasteiger partial charge in [0.2, 0.25) is 0 Å². The third kappa shape index (κ3) is 3.08. The van der Waals surface area contributed by atoms with E-state index in [1.54, 1.807) is 22.6 Å². The largest absolute Gasteiger partial charge is 0.481 e. The van der Waals surface area contributed by atoms with Crippen molar-refractivity contribution < 1.29 is 18.7 Å². The Labute approximate surface area is 98.7 Å². The minimum Gasteiger partial charge on any atom is -0.481 e. The topological polar surface area (TPSA) is 50.2 Å². The summed E-state index contributed by atoms with van der Waals surface area (Å²) in [6.45, 7) is 1.45. The van der Waals surface area contributed by atoms with E-state index >= 15 is 0 Å². The number of aliphatic carboxylic acids is 1. The van der Waals surface area contributed by atoms with E-state index in [0.717, 1.165) is 0 Å². The number of alkyl halides is 2. The van der Waals surface area contributed by atoms with Crippen LogP contribution in [0.4, 0.5) is 8.78 Å². The van der Waals surface area contributed by atoms with Gasteiger partial charge in [0.05, 0.1) is 17.7 Å². The molecule has 1 N–H and O–H groups in total. The first-order valence-corrected chi connectivity index (χ1v) is 5.15. The van der Waals surface area contributed by atoms with E-state index in [1.165, 1.54) is 13.0 Å². The van der Waals surface area contributed by atoms with Crippen molar-refractivity contribution in [3.05, 3.63) is 26.6 Å². The molecule has 1 aromatic heterocycles. The molecule has 0 bridgehead atoms. The van der Waals surface area contributed by atoms with Crippen molar-refractivity contribution in [2.75, 3.05) is 0 Å². The summed E-state index contributed by atoms with van der Waals surface area (Å²) in [6, 6.07) is 1.38. The van der Waals surface area contributed by atoms with Crippen LogP contribution in [0.25, 0.3) is 0 Å². The van der Waals surface area contributed by atoms with Crippen molar-refractivity contribution in [3.63, 3.8) is 0 Å². The highest BCUT2D eigenvalue weighted by molar-refractivity contribution is 14.1. The predicted octanol–water partition coefficient (Wildman–Crippen LogP) is 2.56. The first-order valence-electron chi connectivity index (χ1n) is 4.07. The highest BCUT2D eigenvalue weighted by Crippen LogP contribution is 2.27. The number of nitrogens with zero attached hydrogens (tertiary/aromatic N) is 1. The van der Waals surface area contributed by atoms with Gasteiger partial charge in [-0.25, -0.2) is 8.78 Å². The molecule has 0 amide bonds. The number of pyridine rings is 1. The summed E-state index contributed by atoms with van der Waals surface area (Å²) in [7, 11) is 0. The van der Waals surface area contributed by atoms with Crippen molar-refractivity contribution in [1.82, 2.24) is 4.98 Å². The Kier molecular flexibility index (Phi) is 3.95. The minimum absolute atomic E-state index is 0.121. The summed E-state index contributed by atoms with van der Waals surface area (Å²) < 4.78 is 25.4. The molecule has 82 valence electrons. The molecule has 0 saturated carbocycles. The van der Waals surface area contributed by atoms with Gasteiger partial charge in [0.25, 0.3) is 6.43 Å². The van der Waals surface area contributed by atoms with E-state index in [1.807, 2.05) is 0 Å². The molecule has 0 aliphatic heterocycles. The first kappa shape index (κ1) is 12.3. The summed E-state index contributed by atoms with van der Waals surface area (Å²) in [6.07, 6.45) is -2.83. The standard InChI is InChI=1S/C9H8F2INO2/c1-4-8(9(10)11)6(12)2-5(13-4)3-7(14)15/h2,9H,3H2,1H3,(H,14,15). The molecule has 6 heteroatoms. The molecule has 0 aliphatic carbocycles. The number of hydrogen-bond acceptors (Lipinski definition) is 2. The molecule has 1 heterocycles. The maximum atomic E-state index is 12.5. The molecule has 0 radical (unpaired) electrons. The number of carboxylic acids is 1. The van der Waals surface area contributed by atoms with E-state index in [9.17, 15) is 13.6 Å². The summed E-state index contributed by atoms with van der Waals surface area (Å²) in [5.41, 5.74) is 0.367. The van der Waals surface area contributed by atoms with Crippen LogP contribution in [-0.4, -0.2) is 16.1 Å². The van der Waals surface area contributed by atoms with Crippen LogP contribution in [0.2, 0.25) is 0 Å². The molecule has 0 spiro atoms. The number of carbonyl (C=O) groups is 1. The van der Waals surface area contributed by atoms with Crippen molar-refractivity contribution in [2.45, 2.75) is 19.8 Å². The van der Waals surface area contributed by atoms with E-state index in [2.05, 4.69) is 4.98 Å². The Morgan fingerprint density at radius 2 is 2.27 bits per heavy atom. The summed E-state index contributed by atoms with van der Waals surface area (Å²) in [5.74, 6) is -1.03. The second kappa shape index (κ2) is 4.82. The Hall–Kier alpha value is -0.790. The third-order valence-corrected chi connectivity index (χ3v) is 2.69. The van der Waals surface area contributed by atoms with Crippen LogP contribution < -0.4 is 0 Å². The predicted molar refractivity (Wildman–Crippen MR) is 58.0 cm³/mol. The average molecular weight is 327 g/mol. The van der Waals surface area contributed by atoms with Gasteiger partial charge in [0, 0.05) is 9.26 Å². The average Bonchev–Trinajstić information content (AvgIpc) is 1.99. The minimum atomic E-state index is -2.58. The van der Waals surface area contributed by atoms with Gasteiger partial charge in [0.1, 0.15) is 0 Å². The normalized spacial score (nSPS) is 10.7. The van der Waals surface area contributed by atoms with Gasteiger partial charge >= 0.3 is 5.97 Å². The van der Waals surface area contributed by atoms with Gasteiger partial charge in [-0.15, -0.1) is 0 Å². The number of carboxylic acid groups (broad SMARTS) is 1.